The van der Waals surface area contributed by atoms with Crippen LogP contribution < -0.4 is 0 Å². The molecule has 1 fully saturated rings. The second-order valence-corrected chi connectivity index (χ2v) is 5.32. The van der Waals surface area contributed by atoms with Crippen molar-refractivity contribution in [2.45, 2.75) is 45.1 Å². The number of aromatic nitrogens is 2. The minimum absolute atomic E-state index is 0.363. The predicted molar refractivity (Wildman–Crippen MR) is 58.2 cm³/mol. The third-order valence-corrected chi connectivity index (χ3v) is 3.53. The summed E-state index contributed by atoms with van der Waals surface area (Å²) in [5.41, 5.74) is 0.527. The van der Waals surface area contributed by atoms with Crippen molar-refractivity contribution in [2.75, 3.05) is 0 Å². The van der Waals surface area contributed by atoms with Gasteiger partial charge in [0, 0.05) is 18.0 Å². The molecule has 0 radical (unpaired) electrons. The lowest BCUT2D eigenvalue weighted by atomic mass is 9.69. The van der Waals surface area contributed by atoms with Crippen molar-refractivity contribution in [2.24, 2.45) is 5.41 Å². The molecule has 0 spiro atoms. The number of aliphatic hydroxyl groups is 1. The molecule has 1 saturated carbocycles. The fraction of sp³-hybridized carbons (Fsp3) is 0.667. The van der Waals surface area contributed by atoms with Crippen molar-refractivity contribution in [1.29, 1.82) is 0 Å². The highest BCUT2D eigenvalue weighted by atomic mass is 16.3. The number of rotatable bonds is 1. The van der Waals surface area contributed by atoms with E-state index in [1.807, 2.05) is 0 Å². The Morgan fingerprint density at radius 2 is 1.60 bits per heavy atom. The van der Waals surface area contributed by atoms with Crippen LogP contribution in [0.2, 0.25) is 0 Å². The van der Waals surface area contributed by atoms with E-state index in [9.17, 15) is 5.11 Å². The third-order valence-electron chi connectivity index (χ3n) is 3.53. The molecule has 3 nitrogen and oxygen atoms in total. The molecule has 1 heterocycles. The Bertz CT molecular complexity index is 325. The van der Waals surface area contributed by atoms with Crippen molar-refractivity contribution in [1.82, 2.24) is 9.97 Å². The number of hydrogen-bond acceptors (Lipinski definition) is 3. The molecule has 1 aromatic heterocycles. The van der Waals surface area contributed by atoms with Crippen LogP contribution in [0.1, 0.15) is 45.1 Å². The Morgan fingerprint density at radius 1 is 1.07 bits per heavy atom. The largest absolute Gasteiger partial charge is 0.385 e. The van der Waals surface area contributed by atoms with Crippen LogP contribution in [0.15, 0.2) is 18.7 Å². The molecule has 1 aromatic rings. The van der Waals surface area contributed by atoms with Gasteiger partial charge in [-0.25, -0.2) is 9.97 Å². The third kappa shape index (κ3) is 2.17. The standard InChI is InChI=1S/C12H18N2O/c1-11(2)3-5-12(15,6-4-11)10-7-13-9-14-8-10/h7-9,15H,3-6H2,1-2H3. The van der Waals surface area contributed by atoms with Gasteiger partial charge >= 0.3 is 0 Å². The molecule has 0 amide bonds. The predicted octanol–water partition coefficient (Wildman–Crippen LogP) is 2.26. The van der Waals surface area contributed by atoms with E-state index in [1.54, 1.807) is 12.4 Å². The summed E-state index contributed by atoms with van der Waals surface area (Å²) in [4.78, 5) is 7.94. The monoisotopic (exact) mass is 206 g/mol. The summed E-state index contributed by atoms with van der Waals surface area (Å²) in [6.07, 6.45) is 8.69. The first-order chi connectivity index (χ1) is 7.02. The Balaban J connectivity index is 2.17. The van der Waals surface area contributed by atoms with Crippen molar-refractivity contribution in [3.8, 4) is 0 Å². The van der Waals surface area contributed by atoms with E-state index in [1.165, 1.54) is 6.33 Å². The maximum absolute atomic E-state index is 10.5. The van der Waals surface area contributed by atoms with Gasteiger partial charge in [0.05, 0.1) is 5.60 Å². The molecule has 1 N–H and O–H groups in total. The van der Waals surface area contributed by atoms with Crippen LogP contribution in [0.25, 0.3) is 0 Å². The van der Waals surface area contributed by atoms with Crippen LogP contribution >= 0.6 is 0 Å². The van der Waals surface area contributed by atoms with E-state index in [4.69, 9.17) is 0 Å². The molecule has 3 heteroatoms. The lowest BCUT2D eigenvalue weighted by Gasteiger charge is -2.40. The van der Waals surface area contributed by atoms with Gasteiger partial charge in [-0.1, -0.05) is 13.8 Å². The molecular weight excluding hydrogens is 188 g/mol. The lowest BCUT2D eigenvalue weighted by Crippen LogP contribution is -2.34. The summed E-state index contributed by atoms with van der Waals surface area (Å²) in [5, 5.41) is 10.5. The molecular formula is C12H18N2O. The van der Waals surface area contributed by atoms with Crippen molar-refractivity contribution in [3.05, 3.63) is 24.3 Å². The van der Waals surface area contributed by atoms with E-state index in [0.717, 1.165) is 31.2 Å². The normalized spacial score (nSPS) is 23.7. The second kappa shape index (κ2) is 3.56. The van der Waals surface area contributed by atoms with Gasteiger partial charge < -0.3 is 5.11 Å². The van der Waals surface area contributed by atoms with E-state index in [2.05, 4.69) is 23.8 Å². The first-order valence-corrected chi connectivity index (χ1v) is 5.50. The highest BCUT2D eigenvalue weighted by molar-refractivity contribution is 5.15. The van der Waals surface area contributed by atoms with Crippen LogP contribution in [0.3, 0.4) is 0 Å². The molecule has 15 heavy (non-hydrogen) atoms. The molecule has 0 unspecified atom stereocenters. The van der Waals surface area contributed by atoms with Gasteiger partial charge in [-0.05, 0) is 31.1 Å². The number of hydrogen-bond donors (Lipinski definition) is 1. The molecule has 0 saturated heterocycles. The smallest absolute Gasteiger partial charge is 0.115 e. The minimum atomic E-state index is -0.698. The lowest BCUT2D eigenvalue weighted by molar-refractivity contribution is -0.0310. The van der Waals surface area contributed by atoms with E-state index in [-0.39, 0.29) is 0 Å². The molecule has 0 aromatic carbocycles. The van der Waals surface area contributed by atoms with Crippen molar-refractivity contribution < 1.29 is 5.11 Å². The Kier molecular flexibility index (Phi) is 2.51. The van der Waals surface area contributed by atoms with E-state index < -0.39 is 5.60 Å². The van der Waals surface area contributed by atoms with Gasteiger partial charge in [-0.15, -0.1) is 0 Å². The maximum Gasteiger partial charge on any atom is 0.115 e. The summed E-state index contributed by atoms with van der Waals surface area (Å²) in [5.74, 6) is 0. The molecule has 0 aliphatic heterocycles. The average Bonchev–Trinajstić information content (AvgIpc) is 2.24. The molecule has 1 aliphatic carbocycles. The van der Waals surface area contributed by atoms with Gasteiger partial charge in [-0.2, -0.15) is 0 Å². The zero-order valence-electron chi connectivity index (χ0n) is 9.40. The van der Waals surface area contributed by atoms with Crippen LogP contribution in [0.5, 0.6) is 0 Å². The van der Waals surface area contributed by atoms with E-state index >= 15 is 0 Å². The van der Waals surface area contributed by atoms with Crippen molar-refractivity contribution in [3.63, 3.8) is 0 Å². The summed E-state index contributed by atoms with van der Waals surface area (Å²) < 4.78 is 0. The fourth-order valence-electron chi connectivity index (χ4n) is 2.17. The van der Waals surface area contributed by atoms with E-state index in [0.29, 0.717) is 5.41 Å². The molecule has 82 valence electrons. The number of nitrogens with zero attached hydrogens (tertiary/aromatic N) is 2. The summed E-state index contributed by atoms with van der Waals surface area (Å²) in [6.45, 7) is 4.52. The van der Waals surface area contributed by atoms with Crippen LogP contribution in [0.4, 0.5) is 0 Å². The van der Waals surface area contributed by atoms with Crippen LogP contribution in [-0.4, -0.2) is 15.1 Å². The van der Waals surface area contributed by atoms with Gasteiger partial charge in [0.1, 0.15) is 6.33 Å². The summed E-state index contributed by atoms with van der Waals surface area (Å²) in [6, 6.07) is 0. The Morgan fingerprint density at radius 3 is 2.13 bits per heavy atom. The second-order valence-electron chi connectivity index (χ2n) is 5.32. The summed E-state index contributed by atoms with van der Waals surface area (Å²) in [7, 11) is 0. The first kappa shape index (κ1) is 10.6. The SMILES string of the molecule is CC1(C)CCC(O)(c2cncnc2)CC1. The quantitative estimate of drug-likeness (QED) is 0.766. The van der Waals surface area contributed by atoms with Crippen LogP contribution in [0, 0.1) is 5.41 Å². The molecule has 1 aliphatic rings. The van der Waals surface area contributed by atoms with Gasteiger partial charge in [0.25, 0.3) is 0 Å². The zero-order chi connectivity index (χ0) is 10.9. The maximum atomic E-state index is 10.5. The minimum Gasteiger partial charge on any atom is -0.385 e. The molecule has 2 rings (SSSR count). The Labute approximate surface area is 90.6 Å². The molecule has 0 atom stereocenters. The highest BCUT2D eigenvalue weighted by Crippen LogP contribution is 2.44. The van der Waals surface area contributed by atoms with Gasteiger partial charge in [0.15, 0.2) is 0 Å². The van der Waals surface area contributed by atoms with Crippen LogP contribution in [-0.2, 0) is 5.60 Å². The van der Waals surface area contributed by atoms with Gasteiger partial charge in [0.2, 0.25) is 0 Å². The first-order valence-electron chi connectivity index (χ1n) is 5.50. The molecule has 0 bridgehead atoms. The highest BCUT2D eigenvalue weighted by Gasteiger charge is 2.38. The topological polar surface area (TPSA) is 46.0 Å². The fourth-order valence-corrected chi connectivity index (χ4v) is 2.17. The van der Waals surface area contributed by atoms with Crippen molar-refractivity contribution >= 4 is 0 Å². The zero-order valence-corrected chi connectivity index (χ0v) is 9.40. The Hall–Kier alpha value is -0.960. The van der Waals surface area contributed by atoms with Gasteiger partial charge in [-0.3, -0.25) is 0 Å². The average molecular weight is 206 g/mol. The summed E-state index contributed by atoms with van der Waals surface area (Å²) >= 11 is 0.